The van der Waals surface area contributed by atoms with Crippen molar-refractivity contribution in [1.82, 2.24) is 5.32 Å². The maximum absolute atomic E-state index is 13.4. The van der Waals surface area contributed by atoms with Gasteiger partial charge < -0.3 is 10.6 Å². The first kappa shape index (κ1) is 14.9. The number of carbonyl (C=O) groups excluding carboxylic acids is 1. The number of hydrogen-bond donors (Lipinski definition) is 2. The fourth-order valence-corrected chi connectivity index (χ4v) is 2.66. The van der Waals surface area contributed by atoms with Crippen LogP contribution >= 0.6 is 0 Å². The Labute approximate surface area is 117 Å². The zero-order valence-corrected chi connectivity index (χ0v) is 11.6. The van der Waals surface area contributed by atoms with Crippen molar-refractivity contribution in [3.8, 4) is 0 Å². The summed E-state index contributed by atoms with van der Waals surface area (Å²) in [6.07, 6.45) is 4.47. The molecule has 2 N–H and O–H groups in total. The summed E-state index contributed by atoms with van der Waals surface area (Å²) in [7, 11) is 0. The number of para-hydroxylation sites is 1. The Morgan fingerprint density at radius 1 is 1.30 bits per heavy atom. The minimum Gasteiger partial charge on any atom is -0.320 e. The molecule has 20 heavy (non-hydrogen) atoms. The molecular weight excluding hydrogens is 262 g/mol. The Balaban J connectivity index is 1.83. The van der Waals surface area contributed by atoms with Crippen molar-refractivity contribution in [2.75, 3.05) is 11.9 Å². The number of rotatable bonds is 4. The van der Waals surface area contributed by atoms with Crippen LogP contribution in [0, 0.1) is 17.6 Å². The predicted octanol–water partition coefficient (Wildman–Crippen LogP) is 3.07. The zero-order valence-electron chi connectivity index (χ0n) is 11.6. The largest absolute Gasteiger partial charge is 0.320 e. The molecule has 1 fully saturated rings. The van der Waals surface area contributed by atoms with E-state index < -0.39 is 17.5 Å². The first-order valence-electron chi connectivity index (χ1n) is 7.03. The number of amides is 1. The zero-order chi connectivity index (χ0) is 14.5. The molecule has 0 saturated heterocycles. The van der Waals surface area contributed by atoms with Gasteiger partial charge in [-0.25, -0.2) is 8.78 Å². The van der Waals surface area contributed by atoms with E-state index in [9.17, 15) is 13.6 Å². The quantitative estimate of drug-likeness (QED) is 0.891. The highest BCUT2D eigenvalue weighted by Crippen LogP contribution is 2.23. The lowest BCUT2D eigenvalue weighted by atomic mass is 9.87. The van der Waals surface area contributed by atoms with Crippen molar-refractivity contribution < 1.29 is 13.6 Å². The molecule has 1 aromatic rings. The van der Waals surface area contributed by atoms with Crippen LogP contribution in [0.1, 0.15) is 32.6 Å². The highest BCUT2D eigenvalue weighted by Gasteiger charge is 2.19. The van der Waals surface area contributed by atoms with E-state index in [0.29, 0.717) is 12.0 Å². The average Bonchev–Trinajstić information content (AvgIpc) is 2.41. The lowest BCUT2D eigenvalue weighted by Gasteiger charge is -2.27. The van der Waals surface area contributed by atoms with Crippen molar-refractivity contribution in [2.24, 2.45) is 5.92 Å². The minimum atomic E-state index is -0.760. The van der Waals surface area contributed by atoms with Crippen LogP contribution in [0.25, 0.3) is 0 Å². The molecule has 1 aliphatic carbocycles. The van der Waals surface area contributed by atoms with Gasteiger partial charge in [0, 0.05) is 6.04 Å². The second-order valence-corrected chi connectivity index (χ2v) is 5.49. The Bertz CT molecular complexity index is 459. The van der Waals surface area contributed by atoms with Gasteiger partial charge in [-0.3, -0.25) is 4.79 Å². The van der Waals surface area contributed by atoms with Crippen LogP contribution in [0.15, 0.2) is 18.2 Å². The summed E-state index contributed by atoms with van der Waals surface area (Å²) in [6, 6.07) is 3.82. The van der Waals surface area contributed by atoms with Crippen LogP contribution in [0.2, 0.25) is 0 Å². The van der Waals surface area contributed by atoms with Gasteiger partial charge in [0.15, 0.2) is 0 Å². The summed E-state index contributed by atoms with van der Waals surface area (Å²) >= 11 is 0. The van der Waals surface area contributed by atoms with Crippen LogP contribution in [0.4, 0.5) is 14.5 Å². The molecule has 1 aromatic carbocycles. The molecule has 1 amide bonds. The topological polar surface area (TPSA) is 41.1 Å². The van der Waals surface area contributed by atoms with Crippen molar-refractivity contribution in [3.05, 3.63) is 29.8 Å². The third kappa shape index (κ3) is 4.00. The SMILES string of the molecule is CC1CCCC(NCC(=O)Nc2c(F)cccc2F)C1. The molecule has 110 valence electrons. The highest BCUT2D eigenvalue weighted by atomic mass is 19.1. The third-order valence-corrected chi connectivity index (χ3v) is 3.71. The van der Waals surface area contributed by atoms with Crippen LogP contribution in [-0.2, 0) is 4.79 Å². The molecule has 0 heterocycles. The molecular formula is C15H20F2N2O. The second-order valence-electron chi connectivity index (χ2n) is 5.49. The average molecular weight is 282 g/mol. The van der Waals surface area contributed by atoms with E-state index in [-0.39, 0.29) is 12.2 Å². The fourth-order valence-electron chi connectivity index (χ4n) is 2.66. The summed E-state index contributed by atoms with van der Waals surface area (Å²) in [6.45, 7) is 2.27. The molecule has 0 bridgehead atoms. The first-order valence-corrected chi connectivity index (χ1v) is 7.03. The second kappa shape index (κ2) is 6.79. The Kier molecular flexibility index (Phi) is 5.06. The van der Waals surface area contributed by atoms with Gasteiger partial charge in [-0.05, 0) is 30.9 Å². The minimum absolute atomic E-state index is 0.0746. The molecule has 2 unspecified atom stereocenters. The lowest BCUT2D eigenvalue weighted by molar-refractivity contribution is -0.115. The Morgan fingerprint density at radius 3 is 2.65 bits per heavy atom. The number of halogens is 2. The smallest absolute Gasteiger partial charge is 0.238 e. The summed E-state index contributed by atoms with van der Waals surface area (Å²) in [4.78, 5) is 11.7. The van der Waals surface area contributed by atoms with E-state index >= 15 is 0 Å². The predicted molar refractivity (Wildman–Crippen MR) is 74.4 cm³/mol. The van der Waals surface area contributed by atoms with Gasteiger partial charge in [0.05, 0.1) is 6.54 Å². The number of hydrogen-bond acceptors (Lipinski definition) is 2. The van der Waals surface area contributed by atoms with E-state index in [0.717, 1.165) is 31.4 Å². The molecule has 2 rings (SSSR count). The summed E-state index contributed by atoms with van der Waals surface area (Å²) in [5.41, 5.74) is -0.378. The molecule has 1 aliphatic rings. The molecule has 2 atom stereocenters. The molecule has 0 aliphatic heterocycles. The number of nitrogens with one attached hydrogen (secondary N) is 2. The van der Waals surface area contributed by atoms with Crippen molar-refractivity contribution in [2.45, 2.75) is 38.6 Å². The molecule has 3 nitrogen and oxygen atoms in total. The highest BCUT2D eigenvalue weighted by molar-refractivity contribution is 5.92. The van der Waals surface area contributed by atoms with Gasteiger partial charge >= 0.3 is 0 Å². The van der Waals surface area contributed by atoms with Gasteiger partial charge in [-0.1, -0.05) is 25.8 Å². The lowest BCUT2D eigenvalue weighted by Crippen LogP contribution is -2.38. The fraction of sp³-hybridized carbons (Fsp3) is 0.533. The summed E-state index contributed by atoms with van der Waals surface area (Å²) in [5.74, 6) is -1.28. The number of anilines is 1. The summed E-state index contributed by atoms with van der Waals surface area (Å²) < 4.78 is 26.8. The van der Waals surface area contributed by atoms with Crippen LogP contribution in [-0.4, -0.2) is 18.5 Å². The number of carbonyl (C=O) groups is 1. The van der Waals surface area contributed by atoms with Gasteiger partial charge in [0.25, 0.3) is 0 Å². The molecule has 5 heteroatoms. The van der Waals surface area contributed by atoms with Crippen molar-refractivity contribution in [1.29, 1.82) is 0 Å². The standard InChI is InChI=1S/C15H20F2N2O/c1-10-4-2-5-11(8-10)18-9-14(20)19-15-12(16)6-3-7-13(15)17/h3,6-7,10-11,18H,2,4-5,8-9H2,1H3,(H,19,20). The monoisotopic (exact) mass is 282 g/mol. The van der Waals surface area contributed by atoms with Crippen LogP contribution in [0.3, 0.4) is 0 Å². The maximum atomic E-state index is 13.4. The van der Waals surface area contributed by atoms with Gasteiger partial charge in [-0.15, -0.1) is 0 Å². The third-order valence-electron chi connectivity index (χ3n) is 3.71. The van der Waals surface area contributed by atoms with E-state index in [1.54, 1.807) is 0 Å². The van der Waals surface area contributed by atoms with E-state index in [2.05, 4.69) is 17.6 Å². The van der Waals surface area contributed by atoms with Crippen LogP contribution < -0.4 is 10.6 Å². The van der Waals surface area contributed by atoms with Gasteiger partial charge in [-0.2, -0.15) is 0 Å². The Morgan fingerprint density at radius 2 is 2.00 bits per heavy atom. The summed E-state index contributed by atoms with van der Waals surface area (Å²) in [5, 5.41) is 5.43. The normalized spacial score (nSPS) is 22.6. The van der Waals surface area contributed by atoms with E-state index in [1.165, 1.54) is 12.5 Å². The number of benzene rings is 1. The molecule has 0 spiro atoms. The Hall–Kier alpha value is -1.49. The van der Waals surface area contributed by atoms with E-state index in [1.807, 2.05) is 0 Å². The molecule has 0 aromatic heterocycles. The van der Waals surface area contributed by atoms with Crippen LogP contribution in [0.5, 0.6) is 0 Å². The van der Waals surface area contributed by atoms with E-state index in [4.69, 9.17) is 0 Å². The van der Waals surface area contributed by atoms with Crippen molar-refractivity contribution >= 4 is 11.6 Å². The van der Waals surface area contributed by atoms with Gasteiger partial charge in [0.1, 0.15) is 17.3 Å². The maximum Gasteiger partial charge on any atom is 0.238 e. The molecule has 1 saturated carbocycles. The first-order chi connectivity index (χ1) is 9.56. The molecule has 0 radical (unpaired) electrons. The van der Waals surface area contributed by atoms with Gasteiger partial charge in [0.2, 0.25) is 5.91 Å². The van der Waals surface area contributed by atoms with Crippen molar-refractivity contribution in [3.63, 3.8) is 0 Å².